The Kier molecular flexibility index (Phi) is 4.93. The van der Waals surface area contributed by atoms with Gasteiger partial charge in [0.05, 0.1) is 10.6 Å². The molecule has 5 nitrogen and oxygen atoms in total. The van der Waals surface area contributed by atoms with Gasteiger partial charge in [0.1, 0.15) is 5.76 Å². The van der Waals surface area contributed by atoms with Crippen molar-refractivity contribution in [2.75, 3.05) is 13.1 Å². The summed E-state index contributed by atoms with van der Waals surface area (Å²) in [4.78, 5) is 27.0. The van der Waals surface area contributed by atoms with Crippen LogP contribution in [0.3, 0.4) is 0 Å². The van der Waals surface area contributed by atoms with Gasteiger partial charge >= 0.3 is 6.18 Å². The van der Waals surface area contributed by atoms with Crippen molar-refractivity contribution >= 4 is 17.5 Å². The zero-order chi connectivity index (χ0) is 22.6. The largest absolute Gasteiger partial charge is 0.451 e. The van der Waals surface area contributed by atoms with Gasteiger partial charge in [-0.15, -0.1) is 0 Å². The highest BCUT2D eigenvalue weighted by molar-refractivity contribution is 6.33. The molecular formula is C23H18ClF3N2O3. The average molecular weight is 463 g/mol. The molecule has 0 N–H and O–H groups in total. The van der Waals surface area contributed by atoms with Gasteiger partial charge in [0, 0.05) is 42.9 Å². The van der Waals surface area contributed by atoms with Crippen LogP contribution in [0.4, 0.5) is 13.2 Å². The molecule has 0 spiro atoms. The van der Waals surface area contributed by atoms with Crippen molar-refractivity contribution in [2.24, 2.45) is 5.92 Å². The second-order valence-corrected chi connectivity index (χ2v) is 8.67. The minimum Gasteiger partial charge on any atom is -0.451 e. The molecule has 1 fully saturated rings. The zero-order valence-corrected chi connectivity index (χ0v) is 17.5. The van der Waals surface area contributed by atoms with Gasteiger partial charge in [-0.2, -0.15) is 13.2 Å². The summed E-state index contributed by atoms with van der Waals surface area (Å²) in [6.45, 7) is 1.48. The van der Waals surface area contributed by atoms with Gasteiger partial charge in [0.15, 0.2) is 5.76 Å². The van der Waals surface area contributed by atoms with Crippen molar-refractivity contribution in [3.8, 4) is 11.3 Å². The molecular weight excluding hydrogens is 445 g/mol. The van der Waals surface area contributed by atoms with Gasteiger partial charge in [0.2, 0.25) is 0 Å². The Morgan fingerprint density at radius 2 is 1.88 bits per heavy atom. The molecule has 2 unspecified atom stereocenters. The van der Waals surface area contributed by atoms with E-state index in [9.17, 15) is 22.8 Å². The fourth-order valence-corrected chi connectivity index (χ4v) is 4.92. The lowest BCUT2D eigenvalue weighted by atomic mass is 9.83. The van der Waals surface area contributed by atoms with Crippen molar-refractivity contribution < 1.29 is 22.4 Å². The molecule has 0 saturated carbocycles. The van der Waals surface area contributed by atoms with Crippen LogP contribution >= 0.6 is 11.6 Å². The second-order valence-electron chi connectivity index (χ2n) is 8.26. The lowest BCUT2D eigenvalue weighted by Crippen LogP contribution is -2.49. The lowest BCUT2D eigenvalue weighted by Gasteiger charge is -2.42. The second kappa shape index (κ2) is 7.55. The quantitative estimate of drug-likeness (QED) is 0.536. The number of benzene rings is 1. The van der Waals surface area contributed by atoms with Crippen LogP contribution in [0.15, 0.2) is 57.7 Å². The summed E-state index contributed by atoms with van der Waals surface area (Å²) >= 11 is 6.09. The number of amides is 1. The third-order valence-corrected chi connectivity index (χ3v) is 6.47. The number of furan rings is 1. The Bertz CT molecular complexity index is 1260. The molecule has 5 rings (SSSR count). The molecule has 2 atom stereocenters. The Morgan fingerprint density at radius 3 is 2.66 bits per heavy atom. The van der Waals surface area contributed by atoms with Crippen molar-refractivity contribution in [3.05, 3.63) is 80.9 Å². The summed E-state index contributed by atoms with van der Waals surface area (Å²) in [5, 5.41) is 0.0981. The third-order valence-electron chi connectivity index (χ3n) is 6.14. The van der Waals surface area contributed by atoms with Crippen LogP contribution in [-0.2, 0) is 12.7 Å². The molecule has 2 aromatic heterocycles. The summed E-state index contributed by atoms with van der Waals surface area (Å²) in [5.41, 5.74) is 0.107. The number of piperidine rings is 1. The van der Waals surface area contributed by atoms with E-state index < -0.39 is 11.7 Å². The van der Waals surface area contributed by atoms with Crippen LogP contribution in [0, 0.1) is 5.92 Å². The summed E-state index contributed by atoms with van der Waals surface area (Å²) in [6.07, 6.45) is -3.62. The number of nitrogens with zero attached hydrogens (tertiary/aromatic N) is 2. The Hall–Kier alpha value is -3.00. The minimum atomic E-state index is -4.52. The summed E-state index contributed by atoms with van der Waals surface area (Å²) in [7, 11) is 0. The zero-order valence-electron chi connectivity index (χ0n) is 16.7. The minimum absolute atomic E-state index is 0.0365. The number of fused-ring (bicyclic) bond motifs is 4. The van der Waals surface area contributed by atoms with Gasteiger partial charge in [-0.1, -0.05) is 17.7 Å². The highest BCUT2D eigenvalue weighted by atomic mass is 35.5. The van der Waals surface area contributed by atoms with Crippen molar-refractivity contribution in [2.45, 2.75) is 25.1 Å². The monoisotopic (exact) mass is 462 g/mol. The number of pyridine rings is 1. The number of halogens is 4. The van der Waals surface area contributed by atoms with Gasteiger partial charge in [-0.3, -0.25) is 9.59 Å². The number of rotatable bonds is 2. The van der Waals surface area contributed by atoms with Gasteiger partial charge < -0.3 is 13.9 Å². The lowest BCUT2D eigenvalue weighted by molar-refractivity contribution is -0.137. The summed E-state index contributed by atoms with van der Waals surface area (Å²) in [5.74, 6) is 0.00331. The van der Waals surface area contributed by atoms with E-state index in [1.165, 1.54) is 18.2 Å². The number of carbonyl (C=O) groups excluding carboxylic acids is 1. The Morgan fingerprint density at radius 1 is 1.06 bits per heavy atom. The Labute approximate surface area is 186 Å². The van der Waals surface area contributed by atoms with E-state index in [0.29, 0.717) is 19.6 Å². The third kappa shape index (κ3) is 3.62. The molecule has 1 saturated heterocycles. The highest BCUT2D eigenvalue weighted by Crippen LogP contribution is 2.38. The molecule has 166 valence electrons. The van der Waals surface area contributed by atoms with E-state index in [1.807, 2.05) is 6.07 Å². The molecule has 3 aromatic rings. The molecule has 4 heterocycles. The van der Waals surface area contributed by atoms with Crippen LogP contribution < -0.4 is 5.56 Å². The van der Waals surface area contributed by atoms with E-state index in [-0.39, 0.29) is 45.4 Å². The van der Waals surface area contributed by atoms with E-state index in [1.54, 1.807) is 15.5 Å². The predicted molar refractivity (Wildman–Crippen MR) is 112 cm³/mol. The molecule has 9 heteroatoms. The molecule has 2 aliphatic heterocycles. The van der Waals surface area contributed by atoms with Gasteiger partial charge in [-0.05, 0) is 48.7 Å². The SMILES string of the molecule is O=C(c1ccc(-c2cc(C(F)(F)F)ccc2Cl)o1)N1CC2CC(C1)c1cccc(=O)n1C2. The number of hydrogen-bond donors (Lipinski definition) is 0. The maximum absolute atomic E-state index is 13.1. The number of carbonyl (C=O) groups is 1. The fourth-order valence-electron chi connectivity index (χ4n) is 4.71. The average Bonchev–Trinajstić information content (AvgIpc) is 3.23. The standard InChI is InChI=1S/C23H18ClF3N2O3/c24-17-5-4-15(23(25,26)27)9-16(17)19-6-7-20(32-19)22(31)28-10-13-8-14(12-28)18-2-1-3-21(30)29(18)11-13/h1-7,9,13-14H,8,10-12H2. The van der Waals surface area contributed by atoms with E-state index >= 15 is 0 Å². The normalized spacial score (nSPS) is 20.2. The number of hydrogen-bond acceptors (Lipinski definition) is 3. The van der Waals surface area contributed by atoms with Crippen molar-refractivity contribution in [1.29, 1.82) is 0 Å². The van der Waals surface area contributed by atoms with Crippen molar-refractivity contribution in [1.82, 2.24) is 9.47 Å². The van der Waals surface area contributed by atoms with Gasteiger partial charge in [0.25, 0.3) is 11.5 Å². The Balaban J connectivity index is 1.40. The molecule has 1 aromatic carbocycles. The van der Waals surface area contributed by atoms with E-state index in [4.69, 9.17) is 16.0 Å². The summed E-state index contributed by atoms with van der Waals surface area (Å²) < 4.78 is 46.7. The summed E-state index contributed by atoms with van der Waals surface area (Å²) in [6, 6.07) is 11.1. The molecule has 32 heavy (non-hydrogen) atoms. The van der Waals surface area contributed by atoms with Crippen LogP contribution in [0.1, 0.15) is 34.2 Å². The molecule has 2 aliphatic rings. The van der Waals surface area contributed by atoms with E-state index in [0.717, 1.165) is 30.3 Å². The smallest absolute Gasteiger partial charge is 0.416 e. The van der Waals surface area contributed by atoms with Crippen LogP contribution in [0.5, 0.6) is 0 Å². The maximum atomic E-state index is 13.1. The first-order chi connectivity index (χ1) is 15.2. The topological polar surface area (TPSA) is 55.5 Å². The van der Waals surface area contributed by atoms with Crippen molar-refractivity contribution in [3.63, 3.8) is 0 Å². The highest BCUT2D eigenvalue weighted by Gasteiger charge is 2.37. The first-order valence-corrected chi connectivity index (χ1v) is 10.5. The molecule has 1 amide bonds. The molecule has 2 bridgehead atoms. The van der Waals surface area contributed by atoms with Gasteiger partial charge in [-0.25, -0.2) is 0 Å². The number of aromatic nitrogens is 1. The number of likely N-dealkylation sites (tertiary alicyclic amines) is 1. The first kappa shape index (κ1) is 20.9. The van der Waals surface area contributed by atoms with Crippen LogP contribution in [0.25, 0.3) is 11.3 Å². The maximum Gasteiger partial charge on any atom is 0.416 e. The predicted octanol–water partition coefficient (Wildman–Crippen LogP) is 5.04. The van der Waals surface area contributed by atoms with E-state index in [2.05, 4.69) is 0 Å². The molecule has 0 aliphatic carbocycles. The number of alkyl halides is 3. The molecule has 0 radical (unpaired) electrons. The van der Waals surface area contributed by atoms with Crippen LogP contribution in [-0.4, -0.2) is 28.5 Å². The fraction of sp³-hybridized carbons (Fsp3) is 0.304. The first-order valence-electron chi connectivity index (χ1n) is 10.2. The van der Waals surface area contributed by atoms with Crippen LogP contribution in [0.2, 0.25) is 5.02 Å².